The van der Waals surface area contributed by atoms with Crippen LogP contribution in [-0.2, 0) is 6.54 Å². The van der Waals surface area contributed by atoms with Gasteiger partial charge in [-0.1, -0.05) is 23.4 Å². The molecule has 0 aliphatic carbocycles. The molecule has 1 heterocycles. The van der Waals surface area contributed by atoms with Crippen LogP contribution in [0, 0.1) is 20.8 Å². The lowest BCUT2D eigenvalue weighted by Crippen LogP contribution is -2.23. The van der Waals surface area contributed by atoms with Gasteiger partial charge in [-0.3, -0.25) is 4.79 Å². The van der Waals surface area contributed by atoms with Gasteiger partial charge in [0.1, 0.15) is 5.76 Å². The lowest BCUT2D eigenvalue weighted by molar-refractivity contribution is 0.0941. The van der Waals surface area contributed by atoms with Crippen molar-refractivity contribution in [2.24, 2.45) is 0 Å². The Labute approximate surface area is 106 Å². The molecule has 0 spiro atoms. The SMILES string of the molecule is Cc1cc(C(=O)NCc2c(C)cccc2C)no1. The van der Waals surface area contributed by atoms with Crippen LogP contribution in [0.25, 0.3) is 0 Å². The van der Waals surface area contributed by atoms with Crippen LogP contribution in [0.4, 0.5) is 0 Å². The number of benzene rings is 1. The zero-order chi connectivity index (χ0) is 13.1. The molecule has 0 aliphatic heterocycles. The highest BCUT2D eigenvalue weighted by molar-refractivity contribution is 5.92. The van der Waals surface area contributed by atoms with E-state index >= 15 is 0 Å². The molecule has 0 unspecified atom stereocenters. The molecular formula is C14H16N2O2. The zero-order valence-electron chi connectivity index (χ0n) is 10.8. The fraction of sp³-hybridized carbons (Fsp3) is 0.286. The minimum absolute atomic E-state index is 0.213. The van der Waals surface area contributed by atoms with E-state index in [9.17, 15) is 4.79 Å². The molecule has 4 heteroatoms. The van der Waals surface area contributed by atoms with Crippen molar-refractivity contribution in [1.82, 2.24) is 10.5 Å². The fourth-order valence-corrected chi connectivity index (χ4v) is 1.86. The Hall–Kier alpha value is -2.10. The van der Waals surface area contributed by atoms with E-state index in [1.54, 1.807) is 13.0 Å². The Balaban J connectivity index is 2.06. The predicted octanol–water partition coefficient (Wildman–Crippen LogP) is 2.53. The molecule has 0 bridgehead atoms. The Bertz CT molecular complexity index is 553. The second-order valence-corrected chi connectivity index (χ2v) is 4.38. The third-order valence-electron chi connectivity index (χ3n) is 2.93. The molecule has 0 saturated heterocycles. The molecule has 0 saturated carbocycles. The van der Waals surface area contributed by atoms with Crippen LogP contribution in [0.1, 0.15) is 32.9 Å². The number of carbonyl (C=O) groups excluding carboxylic acids is 1. The number of nitrogens with zero attached hydrogens (tertiary/aromatic N) is 1. The number of aromatic nitrogens is 1. The number of hydrogen-bond acceptors (Lipinski definition) is 3. The molecule has 0 fully saturated rings. The Morgan fingerprint density at radius 2 is 1.94 bits per heavy atom. The molecule has 18 heavy (non-hydrogen) atoms. The average molecular weight is 244 g/mol. The number of aryl methyl sites for hydroxylation is 3. The monoisotopic (exact) mass is 244 g/mol. The van der Waals surface area contributed by atoms with Crippen molar-refractivity contribution in [3.8, 4) is 0 Å². The number of amides is 1. The summed E-state index contributed by atoms with van der Waals surface area (Å²) in [6.07, 6.45) is 0. The van der Waals surface area contributed by atoms with E-state index < -0.39 is 0 Å². The van der Waals surface area contributed by atoms with Crippen molar-refractivity contribution in [2.75, 3.05) is 0 Å². The average Bonchev–Trinajstić information content (AvgIpc) is 2.75. The standard InChI is InChI=1S/C14H16N2O2/c1-9-5-4-6-10(2)12(9)8-15-14(17)13-7-11(3)18-16-13/h4-7H,8H2,1-3H3,(H,15,17). The third kappa shape index (κ3) is 2.59. The molecule has 2 aromatic rings. The summed E-state index contributed by atoms with van der Waals surface area (Å²) in [7, 11) is 0. The summed E-state index contributed by atoms with van der Waals surface area (Å²) in [6.45, 7) is 6.34. The Morgan fingerprint density at radius 3 is 2.50 bits per heavy atom. The van der Waals surface area contributed by atoms with E-state index in [1.165, 1.54) is 11.1 Å². The second-order valence-electron chi connectivity index (χ2n) is 4.38. The van der Waals surface area contributed by atoms with Gasteiger partial charge in [0.2, 0.25) is 0 Å². The van der Waals surface area contributed by atoms with Crippen LogP contribution in [-0.4, -0.2) is 11.1 Å². The maximum atomic E-state index is 11.8. The first-order chi connectivity index (χ1) is 8.58. The molecule has 0 radical (unpaired) electrons. The van der Waals surface area contributed by atoms with E-state index in [2.05, 4.69) is 10.5 Å². The first kappa shape index (κ1) is 12.4. The van der Waals surface area contributed by atoms with E-state index in [4.69, 9.17) is 4.52 Å². The highest BCUT2D eigenvalue weighted by atomic mass is 16.5. The number of rotatable bonds is 3. The topological polar surface area (TPSA) is 55.1 Å². The number of carbonyl (C=O) groups is 1. The molecule has 1 aromatic heterocycles. The predicted molar refractivity (Wildman–Crippen MR) is 68.3 cm³/mol. The molecular weight excluding hydrogens is 228 g/mol. The zero-order valence-corrected chi connectivity index (χ0v) is 10.8. The molecule has 0 atom stereocenters. The van der Waals surface area contributed by atoms with Gasteiger partial charge in [-0.05, 0) is 37.5 Å². The van der Waals surface area contributed by atoms with Gasteiger partial charge < -0.3 is 9.84 Å². The third-order valence-corrected chi connectivity index (χ3v) is 2.93. The van der Waals surface area contributed by atoms with E-state index in [-0.39, 0.29) is 5.91 Å². The van der Waals surface area contributed by atoms with Crippen molar-refractivity contribution < 1.29 is 9.32 Å². The second kappa shape index (κ2) is 5.04. The highest BCUT2D eigenvalue weighted by Crippen LogP contribution is 2.13. The summed E-state index contributed by atoms with van der Waals surface area (Å²) < 4.78 is 4.87. The summed E-state index contributed by atoms with van der Waals surface area (Å²) in [6, 6.07) is 7.71. The van der Waals surface area contributed by atoms with Crippen LogP contribution >= 0.6 is 0 Å². The van der Waals surface area contributed by atoms with E-state index in [1.807, 2.05) is 32.0 Å². The van der Waals surface area contributed by atoms with Crippen LogP contribution in [0.15, 0.2) is 28.8 Å². The van der Waals surface area contributed by atoms with Crippen LogP contribution in [0.5, 0.6) is 0 Å². The van der Waals surface area contributed by atoms with Crippen LogP contribution in [0.3, 0.4) is 0 Å². The fourth-order valence-electron chi connectivity index (χ4n) is 1.86. The molecule has 1 aromatic carbocycles. The lowest BCUT2D eigenvalue weighted by atomic mass is 10.0. The molecule has 1 amide bonds. The minimum atomic E-state index is -0.213. The smallest absolute Gasteiger partial charge is 0.273 e. The summed E-state index contributed by atoms with van der Waals surface area (Å²) in [5.41, 5.74) is 3.81. The van der Waals surface area contributed by atoms with Gasteiger partial charge >= 0.3 is 0 Å². The van der Waals surface area contributed by atoms with Crippen molar-refractivity contribution in [3.63, 3.8) is 0 Å². The lowest BCUT2D eigenvalue weighted by Gasteiger charge is -2.09. The molecule has 1 N–H and O–H groups in total. The quantitative estimate of drug-likeness (QED) is 0.902. The van der Waals surface area contributed by atoms with Gasteiger partial charge in [-0.2, -0.15) is 0 Å². The Kier molecular flexibility index (Phi) is 3.46. The van der Waals surface area contributed by atoms with E-state index in [0.29, 0.717) is 18.0 Å². The van der Waals surface area contributed by atoms with E-state index in [0.717, 1.165) is 5.56 Å². The minimum Gasteiger partial charge on any atom is -0.361 e. The van der Waals surface area contributed by atoms with Crippen molar-refractivity contribution in [2.45, 2.75) is 27.3 Å². The molecule has 0 aliphatic rings. The van der Waals surface area contributed by atoms with Crippen molar-refractivity contribution >= 4 is 5.91 Å². The molecule has 94 valence electrons. The van der Waals surface area contributed by atoms with Crippen molar-refractivity contribution in [1.29, 1.82) is 0 Å². The summed E-state index contributed by atoms with van der Waals surface area (Å²) in [4.78, 5) is 11.8. The van der Waals surface area contributed by atoms with Gasteiger partial charge in [0.25, 0.3) is 5.91 Å². The van der Waals surface area contributed by atoms with Gasteiger partial charge in [0.05, 0.1) is 0 Å². The van der Waals surface area contributed by atoms with Crippen molar-refractivity contribution in [3.05, 3.63) is 52.4 Å². The summed E-state index contributed by atoms with van der Waals surface area (Å²) >= 11 is 0. The van der Waals surface area contributed by atoms with Gasteiger partial charge in [0, 0.05) is 12.6 Å². The maximum absolute atomic E-state index is 11.8. The Morgan fingerprint density at radius 1 is 1.28 bits per heavy atom. The van der Waals surface area contributed by atoms with Gasteiger partial charge in [-0.25, -0.2) is 0 Å². The normalized spacial score (nSPS) is 10.4. The molecule has 2 rings (SSSR count). The largest absolute Gasteiger partial charge is 0.361 e. The molecule has 4 nitrogen and oxygen atoms in total. The summed E-state index contributed by atoms with van der Waals surface area (Å²) in [5.74, 6) is 0.418. The summed E-state index contributed by atoms with van der Waals surface area (Å²) in [5, 5.41) is 6.53. The van der Waals surface area contributed by atoms with Gasteiger partial charge in [0.15, 0.2) is 5.69 Å². The maximum Gasteiger partial charge on any atom is 0.273 e. The van der Waals surface area contributed by atoms with Crippen LogP contribution < -0.4 is 5.32 Å². The first-order valence-corrected chi connectivity index (χ1v) is 5.84. The number of hydrogen-bond donors (Lipinski definition) is 1. The van der Waals surface area contributed by atoms with Crippen LogP contribution in [0.2, 0.25) is 0 Å². The highest BCUT2D eigenvalue weighted by Gasteiger charge is 2.11. The van der Waals surface area contributed by atoms with Gasteiger partial charge in [-0.15, -0.1) is 0 Å². The number of nitrogens with one attached hydrogen (secondary N) is 1. The first-order valence-electron chi connectivity index (χ1n) is 5.84.